The zero-order valence-electron chi connectivity index (χ0n) is 13.2. The quantitative estimate of drug-likeness (QED) is 0.278. The Balaban J connectivity index is 2.03. The molecule has 0 spiro atoms. The van der Waals surface area contributed by atoms with E-state index >= 15 is 0 Å². The second-order valence-corrected chi connectivity index (χ2v) is 6.67. The van der Waals surface area contributed by atoms with Crippen molar-refractivity contribution in [2.75, 3.05) is 19.7 Å². The molecule has 0 aromatic carbocycles. The fourth-order valence-corrected chi connectivity index (χ4v) is 3.41. The number of carbonyl (C=O) groups is 1. The maximum atomic E-state index is 12.4. The number of aliphatic hydroxyl groups excluding tert-OH is 2. The lowest BCUT2D eigenvalue weighted by molar-refractivity contribution is -0.877. The van der Waals surface area contributed by atoms with Crippen molar-refractivity contribution >= 4 is 5.97 Å². The van der Waals surface area contributed by atoms with Crippen LogP contribution in [-0.4, -0.2) is 69.5 Å². The highest BCUT2D eigenvalue weighted by molar-refractivity contribution is 5.80. The molecule has 2 rings (SSSR count). The zero-order chi connectivity index (χ0) is 16.7. The first-order valence-corrected chi connectivity index (χ1v) is 7.65. The monoisotopic (exact) mass is 315 g/mol. The predicted octanol–water partition coefficient (Wildman–Crippen LogP) is -0.315. The van der Waals surface area contributed by atoms with Crippen LogP contribution in [-0.2, 0) is 9.53 Å². The minimum atomic E-state index is -1.99. The molecule has 1 saturated heterocycles. The van der Waals surface area contributed by atoms with Gasteiger partial charge in [0.15, 0.2) is 5.60 Å². The van der Waals surface area contributed by atoms with Gasteiger partial charge in [0.25, 0.3) is 0 Å². The van der Waals surface area contributed by atoms with Gasteiger partial charge in [-0.1, -0.05) is 13.8 Å². The van der Waals surface area contributed by atoms with Gasteiger partial charge in [0.2, 0.25) is 0 Å². The van der Waals surface area contributed by atoms with E-state index in [-0.39, 0.29) is 13.2 Å². The van der Waals surface area contributed by atoms with E-state index in [4.69, 9.17) is 4.74 Å². The van der Waals surface area contributed by atoms with Gasteiger partial charge in [0, 0.05) is 12.0 Å². The molecule has 0 radical (unpaired) electrons. The largest absolute Gasteiger partial charge is 0.632 e. The minimum Gasteiger partial charge on any atom is -0.632 e. The SMILES string of the molecule is CC(C)[C@](O)(C(=O)OCC1=CC[N@+]2([O-])CC[C@H](O)[C@H]12)[C@@H](C)O. The number of fused-ring (bicyclic) bond motifs is 1. The summed E-state index contributed by atoms with van der Waals surface area (Å²) in [4.78, 5) is 12.2. The third kappa shape index (κ3) is 2.68. The van der Waals surface area contributed by atoms with Gasteiger partial charge in [0.1, 0.15) is 18.8 Å². The molecule has 126 valence electrons. The fraction of sp³-hybridized carbons (Fsp3) is 0.800. The van der Waals surface area contributed by atoms with Gasteiger partial charge in [-0.2, -0.15) is 0 Å². The molecule has 0 amide bonds. The predicted molar refractivity (Wildman–Crippen MR) is 78.3 cm³/mol. The summed E-state index contributed by atoms with van der Waals surface area (Å²) in [5.74, 6) is -1.44. The highest BCUT2D eigenvalue weighted by atomic mass is 16.6. The van der Waals surface area contributed by atoms with E-state index in [9.17, 15) is 25.3 Å². The third-order valence-corrected chi connectivity index (χ3v) is 4.93. The van der Waals surface area contributed by atoms with Crippen molar-refractivity contribution < 1.29 is 29.5 Å². The van der Waals surface area contributed by atoms with Gasteiger partial charge in [-0.15, -0.1) is 0 Å². The highest BCUT2D eigenvalue weighted by Crippen LogP contribution is 2.36. The Labute approximate surface area is 130 Å². The Bertz CT molecular complexity index is 467. The summed E-state index contributed by atoms with van der Waals surface area (Å²) >= 11 is 0. The van der Waals surface area contributed by atoms with Crippen molar-refractivity contribution in [1.82, 2.24) is 0 Å². The van der Waals surface area contributed by atoms with Gasteiger partial charge in [-0.25, -0.2) is 4.79 Å². The number of hydrogen-bond donors (Lipinski definition) is 3. The fourth-order valence-electron chi connectivity index (χ4n) is 3.41. The number of quaternary nitrogens is 1. The smallest absolute Gasteiger partial charge is 0.341 e. The van der Waals surface area contributed by atoms with Crippen LogP contribution in [0.1, 0.15) is 27.2 Å². The summed E-state index contributed by atoms with van der Waals surface area (Å²) < 4.78 is 4.64. The second-order valence-electron chi connectivity index (χ2n) is 6.67. The van der Waals surface area contributed by atoms with E-state index in [1.807, 2.05) is 0 Å². The molecule has 2 aliphatic rings. The number of nitrogens with zero attached hydrogens (tertiary/aromatic N) is 1. The standard InChI is InChI=1S/C15H25NO6/c1-9(2)15(20,10(3)17)14(19)22-8-11-4-6-16(21)7-5-12(18)13(11)16/h4,9-10,12-13,17-18,20H,5-8H2,1-3H3/t10-,12+,13+,15-,16+/m1/s1. The highest BCUT2D eigenvalue weighted by Gasteiger charge is 2.49. The number of hydroxylamine groups is 3. The molecular formula is C15H25NO6. The molecule has 1 fully saturated rings. The average molecular weight is 315 g/mol. The van der Waals surface area contributed by atoms with Crippen LogP contribution in [0, 0.1) is 11.1 Å². The molecule has 0 saturated carbocycles. The maximum Gasteiger partial charge on any atom is 0.341 e. The van der Waals surface area contributed by atoms with Crippen LogP contribution in [0.3, 0.4) is 0 Å². The van der Waals surface area contributed by atoms with Crippen molar-refractivity contribution in [2.24, 2.45) is 5.92 Å². The molecule has 5 atom stereocenters. The van der Waals surface area contributed by atoms with E-state index in [1.165, 1.54) is 6.92 Å². The van der Waals surface area contributed by atoms with Gasteiger partial charge < -0.3 is 29.9 Å². The Morgan fingerprint density at radius 1 is 1.55 bits per heavy atom. The number of hydrogen-bond acceptors (Lipinski definition) is 6. The molecule has 0 bridgehead atoms. The van der Waals surface area contributed by atoms with Crippen molar-refractivity contribution in [3.63, 3.8) is 0 Å². The van der Waals surface area contributed by atoms with E-state index in [2.05, 4.69) is 0 Å². The third-order valence-electron chi connectivity index (χ3n) is 4.93. The van der Waals surface area contributed by atoms with Gasteiger partial charge in [-0.05, 0) is 18.9 Å². The molecule has 7 nitrogen and oxygen atoms in total. The molecular weight excluding hydrogens is 290 g/mol. The zero-order valence-corrected chi connectivity index (χ0v) is 13.2. The summed E-state index contributed by atoms with van der Waals surface area (Å²) in [6.45, 7) is 5.02. The van der Waals surface area contributed by atoms with Crippen LogP contribution in [0.15, 0.2) is 11.6 Å². The second kappa shape index (κ2) is 5.90. The summed E-state index contributed by atoms with van der Waals surface area (Å²) in [5.41, 5.74) is -1.40. The lowest BCUT2D eigenvalue weighted by atomic mass is 9.85. The number of rotatable bonds is 5. The normalized spacial score (nSPS) is 35.0. The number of ether oxygens (including phenoxy) is 1. The number of esters is 1. The first kappa shape index (κ1) is 17.4. The van der Waals surface area contributed by atoms with Crippen LogP contribution in [0.4, 0.5) is 0 Å². The van der Waals surface area contributed by atoms with Gasteiger partial charge in [0.05, 0.1) is 19.2 Å². The van der Waals surface area contributed by atoms with Crippen molar-refractivity contribution in [1.29, 1.82) is 0 Å². The summed E-state index contributed by atoms with van der Waals surface area (Å²) in [6, 6.07) is -0.591. The Morgan fingerprint density at radius 3 is 2.73 bits per heavy atom. The van der Waals surface area contributed by atoms with Gasteiger partial charge >= 0.3 is 5.97 Å². The average Bonchev–Trinajstić information content (AvgIpc) is 2.92. The molecule has 22 heavy (non-hydrogen) atoms. The Morgan fingerprint density at radius 2 is 2.18 bits per heavy atom. The van der Waals surface area contributed by atoms with Gasteiger partial charge in [-0.3, -0.25) is 0 Å². The number of aliphatic hydroxyl groups is 3. The first-order valence-electron chi connectivity index (χ1n) is 7.65. The summed E-state index contributed by atoms with van der Waals surface area (Å²) in [5, 5.41) is 42.4. The molecule has 3 N–H and O–H groups in total. The molecule has 7 heteroatoms. The Kier molecular flexibility index (Phi) is 4.66. The van der Waals surface area contributed by atoms with E-state index in [0.717, 1.165) is 0 Å². The molecule has 0 aromatic heterocycles. The molecule has 2 aliphatic heterocycles. The van der Waals surface area contributed by atoms with E-state index in [1.54, 1.807) is 19.9 Å². The van der Waals surface area contributed by atoms with Crippen molar-refractivity contribution in [3.8, 4) is 0 Å². The first-order chi connectivity index (χ1) is 10.1. The minimum absolute atomic E-state index is 0.148. The molecule has 0 unspecified atom stereocenters. The summed E-state index contributed by atoms with van der Waals surface area (Å²) in [7, 11) is 0. The van der Waals surface area contributed by atoms with Crippen molar-refractivity contribution in [2.45, 2.75) is 51.0 Å². The number of carbonyl (C=O) groups excluding carboxylic acids is 1. The molecule has 0 aliphatic carbocycles. The van der Waals surface area contributed by atoms with E-state index < -0.39 is 40.4 Å². The molecule has 2 heterocycles. The lowest BCUT2D eigenvalue weighted by Crippen LogP contribution is -2.53. The Hall–Kier alpha value is -0.990. The van der Waals surface area contributed by atoms with Crippen LogP contribution in [0.5, 0.6) is 0 Å². The maximum absolute atomic E-state index is 12.4. The molecule has 0 aromatic rings. The van der Waals surface area contributed by atoms with Crippen molar-refractivity contribution in [3.05, 3.63) is 16.9 Å². The van der Waals surface area contributed by atoms with Crippen LogP contribution in [0.2, 0.25) is 0 Å². The van der Waals surface area contributed by atoms with Crippen LogP contribution in [0.25, 0.3) is 0 Å². The van der Waals surface area contributed by atoms with Crippen LogP contribution < -0.4 is 0 Å². The van der Waals surface area contributed by atoms with E-state index in [0.29, 0.717) is 18.5 Å². The van der Waals surface area contributed by atoms with Crippen LogP contribution >= 0.6 is 0 Å². The summed E-state index contributed by atoms with van der Waals surface area (Å²) in [6.07, 6.45) is 0.127. The lowest BCUT2D eigenvalue weighted by Gasteiger charge is -2.40. The topological polar surface area (TPSA) is 110 Å².